The van der Waals surface area contributed by atoms with E-state index in [4.69, 9.17) is 14.3 Å². The maximum atomic E-state index is 12.4. The molecule has 0 atom stereocenters. The molecule has 1 N–H and O–H groups in total. The van der Waals surface area contributed by atoms with Crippen LogP contribution >= 0.6 is 11.3 Å². The first-order valence-corrected chi connectivity index (χ1v) is 7.70. The first kappa shape index (κ1) is 15.5. The Kier molecular flexibility index (Phi) is 4.05. The van der Waals surface area contributed by atoms with Gasteiger partial charge in [-0.05, 0) is 6.07 Å². The van der Waals surface area contributed by atoms with E-state index in [-0.39, 0.29) is 11.6 Å². The molecule has 0 spiro atoms. The number of carboxylic acids is 1. The smallest absolute Gasteiger partial charge is 0.351 e. The van der Waals surface area contributed by atoms with E-state index < -0.39 is 17.2 Å². The summed E-state index contributed by atoms with van der Waals surface area (Å²) < 4.78 is 10.7. The minimum absolute atomic E-state index is 0.180. The van der Waals surface area contributed by atoms with Gasteiger partial charge in [-0.2, -0.15) is 0 Å². The predicted octanol–water partition coefficient (Wildman–Crippen LogP) is 1.44. The van der Waals surface area contributed by atoms with Gasteiger partial charge in [0.05, 0.1) is 17.9 Å². The van der Waals surface area contributed by atoms with E-state index in [0.717, 1.165) is 0 Å². The van der Waals surface area contributed by atoms with E-state index >= 15 is 0 Å². The van der Waals surface area contributed by atoms with E-state index in [2.05, 4.69) is 0 Å². The van der Waals surface area contributed by atoms with Gasteiger partial charge < -0.3 is 19.2 Å². The molecule has 2 aromatic heterocycles. The summed E-state index contributed by atoms with van der Waals surface area (Å²) in [5.74, 6) is -1.34. The van der Waals surface area contributed by atoms with Crippen LogP contribution in [0.1, 0.15) is 10.4 Å². The molecule has 2 aromatic rings. The van der Waals surface area contributed by atoms with Gasteiger partial charge in [-0.3, -0.25) is 4.90 Å². The lowest BCUT2D eigenvalue weighted by Gasteiger charge is -2.30. The molecular formula is C14H14N2O6S. The molecule has 1 saturated heterocycles. The number of thiophene rings is 1. The average Bonchev–Trinajstić information content (AvgIpc) is 2.96. The Morgan fingerprint density at radius 1 is 1.30 bits per heavy atom. The quantitative estimate of drug-likeness (QED) is 0.889. The van der Waals surface area contributed by atoms with Gasteiger partial charge in [0.1, 0.15) is 10.6 Å². The number of fused-ring (bicyclic) bond motifs is 1. The van der Waals surface area contributed by atoms with Gasteiger partial charge in [0.25, 0.3) is 0 Å². The van der Waals surface area contributed by atoms with Crippen LogP contribution in [-0.4, -0.2) is 55.4 Å². The van der Waals surface area contributed by atoms with Gasteiger partial charge in [-0.1, -0.05) is 0 Å². The molecule has 3 heterocycles. The molecule has 0 bridgehead atoms. The number of urea groups is 1. The first-order valence-electron chi connectivity index (χ1n) is 6.89. The number of aromatic carboxylic acids is 1. The molecule has 1 aliphatic rings. The second-order valence-electron chi connectivity index (χ2n) is 5.01. The van der Waals surface area contributed by atoms with Crippen molar-refractivity contribution in [3.05, 3.63) is 28.1 Å². The molecule has 0 aliphatic carbocycles. The minimum Gasteiger partial charge on any atom is -0.477 e. The number of hydrogen-bond acceptors (Lipinski definition) is 6. The van der Waals surface area contributed by atoms with Gasteiger partial charge in [0, 0.05) is 26.2 Å². The number of ether oxygens (including phenoxy) is 1. The molecule has 2 amide bonds. The summed E-state index contributed by atoms with van der Waals surface area (Å²) in [4.78, 5) is 38.1. The Morgan fingerprint density at radius 2 is 2.00 bits per heavy atom. The Balaban J connectivity index is 1.91. The van der Waals surface area contributed by atoms with Crippen LogP contribution in [0.2, 0.25) is 0 Å². The number of carbonyl (C=O) groups excluding carboxylic acids is 1. The van der Waals surface area contributed by atoms with E-state index in [1.807, 2.05) is 0 Å². The Bertz CT molecular complexity index is 820. The van der Waals surface area contributed by atoms with Crippen molar-refractivity contribution < 1.29 is 23.8 Å². The van der Waals surface area contributed by atoms with Crippen molar-refractivity contribution in [3.63, 3.8) is 0 Å². The van der Waals surface area contributed by atoms with Crippen molar-refractivity contribution in [1.82, 2.24) is 4.90 Å². The molecular weight excluding hydrogens is 324 g/mol. The van der Waals surface area contributed by atoms with Crippen LogP contribution < -0.4 is 10.5 Å². The topological polar surface area (TPSA) is 100 Å². The van der Waals surface area contributed by atoms with E-state index in [9.17, 15) is 14.4 Å². The van der Waals surface area contributed by atoms with E-state index in [1.54, 1.807) is 18.0 Å². The van der Waals surface area contributed by atoms with Crippen molar-refractivity contribution in [2.75, 3.05) is 38.3 Å². The summed E-state index contributed by atoms with van der Waals surface area (Å²) in [6.45, 7) is 2.05. The van der Waals surface area contributed by atoms with Crippen LogP contribution in [0.5, 0.6) is 0 Å². The standard InChI is InChI=1S/C14H14N2O6S/c1-15(14(20)16-2-4-21-5-3-16)11-7-9-10(23-11)6-8(12(17)18)13(19)22-9/h6-7H,2-5H2,1H3,(H,17,18). The summed E-state index contributed by atoms with van der Waals surface area (Å²) in [6, 6.07) is 2.65. The maximum absolute atomic E-state index is 12.4. The third-order valence-electron chi connectivity index (χ3n) is 3.54. The maximum Gasteiger partial charge on any atom is 0.351 e. The lowest BCUT2D eigenvalue weighted by Crippen LogP contribution is -2.46. The van der Waals surface area contributed by atoms with E-state index in [1.165, 1.54) is 22.3 Å². The number of hydrogen-bond donors (Lipinski definition) is 1. The third kappa shape index (κ3) is 2.92. The van der Waals surface area contributed by atoms with Crippen molar-refractivity contribution in [3.8, 4) is 0 Å². The lowest BCUT2D eigenvalue weighted by atomic mass is 10.3. The van der Waals surface area contributed by atoms with Gasteiger partial charge in [-0.15, -0.1) is 11.3 Å². The number of carboxylic acid groups (broad SMARTS) is 1. The second-order valence-corrected chi connectivity index (χ2v) is 6.07. The van der Waals surface area contributed by atoms with Gasteiger partial charge in [-0.25, -0.2) is 14.4 Å². The van der Waals surface area contributed by atoms with Gasteiger partial charge in [0.2, 0.25) is 0 Å². The highest BCUT2D eigenvalue weighted by Crippen LogP contribution is 2.32. The molecule has 0 unspecified atom stereocenters. The fourth-order valence-electron chi connectivity index (χ4n) is 2.28. The van der Waals surface area contributed by atoms with Crippen molar-refractivity contribution in [2.45, 2.75) is 0 Å². The monoisotopic (exact) mass is 338 g/mol. The minimum atomic E-state index is -1.34. The van der Waals surface area contributed by atoms with Crippen LogP contribution in [0.4, 0.5) is 9.80 Å². The molecule has 23 heavy (non-hydrogen) atoms. The lowest BCUT2D eigenvalue weighted by molar-refractivity contribution is 0.0551. The normalized spacial score (nSPS) is 14.9. The number of morpholine rings is 1. The highest BCUT2D eigenvalue weighted by molar-refractivity contribution is 7.22. The SMILES string of the molecule is CN(C(=O)N1CCOCC1)c1cc2oc(=O)c(C(=O)O)cc2s1. The largest absolute Gasteiger partial charge is 0.477 e. The van der Waals surface area contributed by atoms with Crippen LogP contribution in [-0.2, 0) is 4.74 Å². The number of carbonyl (C=O) groups is 2. The fraction of sp³-hybridized carbons (Fsp3) is 0.357. The van der Waals surface area contributed by atoms with Crippen LogP contribution in [0.3, 0.4) is 0 Å². The van der Waals surface area contributed by atoms with Gasteiger partial charge in [0.15, 0.2) is 5.58 Å². The van der Waals surface area contributed by atoms with Crippen LogP contribution in [0.25, 0.3) is 10.3 Å². The highest BCUT2D eigenvalue weighted by atomic mass is 32.1. The molecule has 0 aromatic carbocycles. The predicted molar refractivity (Wildman–Crippen MR) is 83.5 cm³/mol. The molecule has 1 fully saturated rings. The van der Waals surface area contributed by atoms with Crippen LogP contribution in [0.15, 0.2) is 21.3 Å². The number of amides is 2. The molecule has 122 valence electrons. The Labute approximate surface area is 134 Å². The molecule has 9 heteroatoms. The molecule has 1 aliphatic heterocycles. The summed E-state index contributed by atoms with van der Waals surface area (Å²) in [5, 5.41) is 9.53. The number of anilines is 1. The zero-order valence-electron chi connectivity index (χ0n) is 12.3. The fourth-order valence-corrected chi connectivity index (χ4v) is 3.26. The van der Waals surface area contributed by atoms with Crippen molar-refractivity contribution in [1.29, 1.82) is 0 Å². The number of nitrogens with zero attached hydrogens (tertiary/aromatic N) is 2. The summed E-state index contributed by atoms with van der Waals surface area (Å²) in [7, 11) is 1.62. The second kappa shape index (κ2) is 6.01. The summed E-state index contributed by atoms with van der Waals surface area (Å²) in [5.41, 5.74) is -1.06. The zero-order valence-corrected chi connectivity index (χ0v) is 13.1. The summed E-state index contributed by atoms with van der Waals surface area (Å²) in [6.07, 6.45) is 0. The molecule has 0 radical (unpaired) electrons. The summed E-state index contributed by atoms with van der Waals surface area (Å²) >= 11 is 1.19. The highest BCUT2D eigenvalue weighted by Gasteiger charge is 2.23. The van der Waals surface area contributed by atoms with Gasteiger partial charge >= 0.3 is 17.6 Å². The molecule has 3 rings (SSSR count). The average molecular weight is 338 g/mol. The Hall–Kier alpha value is -2.39. The first-order chi connectivity index (χ1) is 11.0. The van der Waals surface area contributed by atoms with E-state index in [0.29, 0.717) is 36.0 Å². The molecule has 8 nitrogen and oxygen atoms in total. The van der Waals surface area contributed by atoms with Crippen molar-refractivity contribution >= 4 is 38.6 Å². The zero-order chi connectivity index (χ0) is 16.6. The van der Waals surface area contributed by atoms with Crippen molar-refractivity contribution in [2.24, 2.45) is 0 Å². The number of rotatable bonds is 2. The molecule has 0 saturated carbocycles. The third-order valence-corrected chi connectivity index (χ3v) is 4.68. The van der Waals surface area contributed by atoms with Crippen LogP contribution in [0, 0.1) is 0 Å². The Morgan fingerprint density at radius 3 is 2.65 bits per heavy atom.